The van der Waals surface area contributed by atoms with Crippen LogP contribution in [0.3, 0.4) is 0 Å². The molecule has 0 fully saturated rings. The highest BCUT2D eigenvalue weighted by Crippen LogP contribution is 2.13. The summed E-state index contributed by atoms with van der Waals surface area (Å²) in [6, 6.07) is 7.57. The molecule has 0 saturated heterocycles. The maximum atomic E-state index is 12.0. The van der Waals surface area contributed by atoms with Crippen LogP contribution in [0.25, 0.3) is 10.9 Å². The third-order valence-corrected chi connectivity index (χ3v) is 2.92. The minimum atomic E-state index is -0.0865. The number of rotatable bonds is 4. The van der Waals surface area contributed by atoms with Crippen molar-refractivity contribution in [3.8, 4) is 0 Å². The zero-order valence-corrected chi connectivity index (χ0v) is 10.2. The van der Waals surface area contributed by atoms with Crippen molar-refractivity contribution < 1.29 is 4.79 Å². The summed E-state index contributed by atoms with van der Waals surface area (Å²) in [6.45, 7) is 1.13. The van der Waals surface area contributed by atoms with Crippen molar-refractivity contribution in [1.82, 2.24) is 25.3 Å². The average molecular weight is 255 g/mol. The van der Waals surface area contributed by atoms with E-state index in [1.54, 1.807) is 17.1 Å². The molecule has 1 aromatic carbocycles. The number of hydrogen-bond donors (Lipinski definition) is 2. The van der Waals surface area contributed by atoms with Gasteiger partial charge in [-0.1, -0.05) is 11.3 Å². The standard InChI is InChI=1S/C13H13N5O/c19-13(15-5-7-18-8-6-16-17-18)11-2-1-10-3-4-14-12(10)9-11/h1-4,6,8-9,14H,5,7H2,(H,15,19). The first-order chi connectivity index (χ1) is 9.33. The molecule has 2 N–H and O–H groups in total. The van der Waals surface area contributed by atoms with E-state index in [1.807, 2.05) is 30.5 Å². The quantitative estimate of drug-likeness (QED) is 0.735. The second-order valence-electron chi connectivity index (χ2n) is 4.20. The molecule has 0 aliphatic heterocycles. The van der Waals surface area contributed by atoms with Crippen LogP contribution < -0.4 is 5.32 Å². The van der Waals surface area contributed by atoms with Crippen molar-refractivity contribution in [2.45, 2.75) is 6.54 Å². The smallest absolute Gasteiger partial charge is 0.251 e. The van der Waals surface area contributed by atoms with E-state index >= 15 is 0 Å². The van der Waals surface area contributed by atoms with Gasteiger partial charge in [-0.3, -0.25) is 9.48 Å². The number of amides is 1. The summed E-state index contributed by atoms with van der Waals surface area (Å²) >= 11 is 0. The van der Waals surface area contributed by atoms with E-state index in [2.05, 4.69) is 20.6 Å². The largest absolute Gasteiger partial charge is 0.361 e. The minimum absolute atomic E-state index is 0.0865. The number of aromatic nitrogens is 4. The van der Waals surface area contributed by atoms with E-state index in [9.17, 15) is 4.79 Å². The normalized spacial score (nSPS) is 10.7. The van der Waals surface area contributed by atoms with Crippen LogP contribution in [0.5, 0.6) is 0 Å². The molecule has 3 rings (SSSR count). The van der Waals surface area contributed by atoms with Crippen LogP contribution in [-0.4, -0.2) is 32.4 Å². The van der Waals surface area contributed by atoms with Crippen molar-refractivity contribution >= 4 is 16.8 Å². The van der Waals surface area contributed by atoms with Gasteiger partial charge < -0.3 is 10.3 Å². The van der Waals surface area contributed by atoms with Gasteiger partial charge in [-0.2, -0.15) is 0 Å². The van der Waals surface area contributed by atoms with Crippen LogP contribution in [0.1, 0.15) is 10.4 Å². The van der Waals surface area contributed by atoms with E-state index in [4.69, 9.17) is 0 Å². The molecule has 0 atom stereocenters. The molecule has 0 radical (unpaired) electrons. The van der Waals surface area contributed by atoms with Crippen LogP contribution in [0.4, 0.5) is 0 Å². The van der Waals surface area contributed by atoms with Crippen molar-refractivity contribution in [2.24, 2.45) is 0 Å². The zero-order valence-electron chi connectivity index (χ0n) is 10.2. The molecule has 0 saturated carbocycles. The molecule has 6 heteroatoms. The third kappa shape index (κ3) is 2.47. The maximum absolute atomic E-state index is 12.0. The first-order valence-corrected chi connectivity index (χ1v) is 6.02. The number of nitrogens with one attached hydrogen (secondary N) is 2. The van der Waals surface area contributed by atoms with Gasteiger partial charge in [0.25, 0.3) is 5.91 Å². The van der Waals surface area contributed by atoms with Crippen molar-refractivity contribution in [3.63, 3.8) is 0 Å². The molecule has 19 heavy (non-hydrogen) atoms. The molecule has 0 aliphatic rings. The fourth-order valence-corrected chi connectivity index (χ4v) is 1.93. The van der Waals surface area contributed by atoms with Crippen LogP contribution in [0.15, 0.2) is 42.9 Å². The van der Waals surface area contributed by atoms with E-state index < -0.39 is 0 Å². The summed E-state index contributed by atoms with van der Waals surface area (Å²) in [6.07, 6.45) is 5.23. The number of nitrogens with zero attached hydrogens (tertiary/aromatic N) is 3. The van der Waals surface area contributed by atoms with Gasteiger partial charge in [-0.05, 0) is 23.6 Å². The van der Waals surface area contributed by atoms with E-state index in [1.165, 1.54) is 0 Å². The highest BCUT2D eigenvalue weighted by atomic mass is 16.1. The van der Waals surface area contributed by atoms with Gasteiger partial charge in [0.05, 0.1) is 12.7 Å². The summed E-state index contributed by atoms with van der Waals surface area (Å²) in [5, 5.41) is 11.5. The highest BCUT2D eigenvalue weighted by molar-refractivity contribution is 5.97. The lowest BCUT2D eigenvalue weighted by Gasteiger charge is -2.05. The highest BCUT2D eigenvalue weighted by Gasteiger charge is 2.06. The number of fused-ring (bicyclic) bond motifs is 1. The number of carbonyl (C=O) groups excluding carboxylic acids is 1. The molecule has 0 unspecified atom stereocenters. The summed E-state index contributed by atoms with van der Waals surface area (Å²) in [5.74, 6) is -0.0865. The van der Waals surface area contributed by atoms with Gasteiger partial charge in [0.15, 0.2) is 0 Å². The molecule has 96 valence electrons. The van der Waals surface area contributed by atoms with Gasteiger partial charge in [-0.15, -0.1) is 5.10 Å². The molecule has 2 aromatic heterocycles. The van der Waals surface area contributed by atoms with Gasteiger partial charge >= 0.3 is 0 Å². The lowest BCUT2D eigenvalue weighted by Crippen LogP contribution is -2.27. The second-order valence-corrected chi connectivity index (χ2v) is 4.20. The van der Waals surface area contributed by atoms with Crippen LogP contribution in [-0.2, 0) is 6.54 Å². The fourth-order valence-electron chi connectivity index (χ4n) is 1.93. The number of benzene rings is 1. The Morgan fingerprint density at radius 3 is 3.16 bits per heavy atom. The molecule has 0 spiro atoms. The molecule has 0 aliphatic carbocycles. The van der Waals surface area contributed by atoms with Crippen molar-refractivity contribution in [3.05, 3.63) is 48.4 Å². The number of H-pyrrole nitrogens is 1. The minimum Gasteiger partial charge on any atom is -0.361 e. The topological polar surface area (TPSA) is 75.6 Å². The van der Waals surface area contributed by atoms with Crippen molar-refractivity contribution in [2.75, 3.05) is 6.54 Å². The van der Waals surface area contributed by atoms with E-state index in [-0.39, 0.29) is 5.91 Å². The number of aromatic amines is 1. The Labute approximate surface area is 109 Å². The zero-order chi connectivity index (χ0) is 13.1. The van der Waals surface area contributed by atoms with Crippen LogP contribution in [0, 0.1) is 0 Å². The number of hydrogen-bond acceptors (Lipinski definition) is 3. The Kier molecular flexibility index (Phi) is 2.97. The van der Waals surface area contributed by atoms with Crippen molar-refractivity contribution in [1.29, 1.82) is 0 Å². The molecule has 6 nitrogen and oxygen atoms in total. The predicted octanol–water partition coefficient (Wildman–Crippen LogP) is 1.19. The van der Waals surface area contributed by atoms with E-state index in [0.717, 1.165) is 10.9 Å². The van der Waals surface area contributed by atoms with Gasteiger partial charge in [0, 0.05) is 30.0 Å². The Bertz CT molecular complexity index is 686. The van der Waals surface area contributed by atoms with Gasteiger partial charge in [-0.25, -0.2) is 0 Å². The Hall–Kier alpha value is -2.63. The molecular weight excluding hydrogens is 242 g/mol. The average Bonchev–Trinajstić information content (AvgIpc) is 3.08. The summed E-state index contributed by atoms with van der Waals surface area (Å²) in [5.41, 5.74) is 1.61. The van der Waals surface area contributed by atoms with Gasteiger partial charge in [0.1, 0.15) is 0 Å². The maximum Gasteiger partial charge on any atom is 0.251 e. The van der Waals surface area contributed by atoms with Crippen LogP contribution >= 0.6 is 0 Å². The summed E-state index contributed by atoms with van der Waals surface area (Å²) < 4.78 is 1.68. The first kappa shape index (κ1) is 11.5. The lowest BCUT2D eigenvalue weighted by atomic mass is 10.1. The second kappa shape index (κ2) is 4.93. The SMILES string of the molecule is O=C(NCCn1ccnn1)c1ccc2cc[nH]c2c1. The molecule has 1 amide bonds. The number of carbonyl (C=O) groups is 1. The molecule has 2 heterocycles. The predicted molar refractivity (Wildman–Crippen MR) is 70.7 cm³/mol. The Morgan fingerprint density at radius 2 is 2.32 bits per heavy atom. The van der Waals surface area contributed by atoms with Crippen LogP contribution in [0.2, 0.25) is 0 Å². The lowest BCUT2D eigenvalue weighted by molar-refractivity contribution is 0.0952. The summed E-state index contributed by atoms with van der Waals surface area (Å²) in [7, 11) is 0. The Morgan fingerprint density at radius 1 is 1.37 bits per heavy atom. The van der Waals surface area contributed by atoms with Gasteiger partial charge in [0.2, 0.25) is 0 Å². The monoisotopic (exact) mass is 255 g/mol. The Balaban J connectivity index is 1.63. The van der Waals surface area contributed by atoms with E-state index in [0.29, 0.717) is 18.7 Å². The molecular formula is C13H13N5O. The molecule has 0 bridgehead atoms. The summed E-state index contributed by atoms with van der Waals surface area (Å²) in [4.78, 5) is 15.1. The fraction of sp³-hybridized carbons (Fsp3) is 0.154. The first-order valence-electron chi connectivity index (χ1n) is 6.02. The third-order valence-electron chi connectivity index (χ3n) is 2.92. The molecule has 3 aromatic rings.